The Kier molecular flexibility index (Phi) is 33.6. The smallest absolute Gasteiger partial charge is 0.457 e. The molecule has 0 radical (unpaired) electrons. The van der Waals surface area contributed by atoms with Crippen LogP contribution in [0.15, 0.2) is 24.3 Å². The van der Waals surface area contributed by atoms with Crippen molar-refractivity contribution < 1.29 is 58.3 Å². The van der Waals surface area contributed by atoms with Gasteiger partial charge in [-0.25, -0.2) is 4.57 Å². The molecule has 0 saturated heterocycles. The van der Waals surface area contributed by atoms with Crippen LogP contribution in [-0.2, 0) is 27.9 Å². The van der Waals surface area contributed by atoms with Crippen LogP contribution in [0.1, 0.15) is 187 Å². The molecular weight excluding hydrogens is 751 g/mol. The normalized spacial score (nSPS) is 23.0. The molecule has 12 nitrogen and oxygen atoms in total. The fraction of sp³-hybridized carbons (Fsp3) is 0.886. The van der Waals surface area contributed by atoms with Crippen molar-refractivity contribution in [1.82, 2.24) is 0 Å². The molecule has 6 N–H and O–H groups in total. The lowest BCUT2D eigenvalue weighted by atomic mass is 9.85. The summed E-state index contributed by atoms with van der Waals surface area (Å²) in [6, 6.07) is 0. The van der Waals surface area contributed by atoms with Gasteiger partial charge in [-0.3, -0.25) is 13.8 Å². The Morgan fingerprint density at radius 2 is 0.930 bits per heavy atom. The standard InChI is InChI=1S/C44H83O12P/c1-3-5-7-9-11-13-15-17-18-19-20-21-23-25-27-29-31-33-38(45)55-37(35-53-34-32-30-28-26-24-22-16-14-12-10-8-6-4-2)36-54-57(51,52)56-44-42(49)40(47)39(46)41(48)43(44)50/h12,14,17-18,37,39-44,46-50H,3-11,13,15-16,19-36H2,1-2H3,(H,51,52)/b14-12-,18-17-. The number of ether oxygens (including phenoxy) is 2. The highest BCUT2D eigenvalue weighted by molar-refractivity contribution is 7.47. The lowest BCUT2D eigenvalue weighted by molar-refractivity contribution is -0.220. The molecule has 0 aliphatic heterocycles. The van der Waals surface area contributed by atoms with Crippen LogP contribution in [0, 0.1) is 0 Å². The Balaban J connectivity index is 2.40. The van der Waals surface area contributed by atoms with Crippen molar-refractivity contribution in [1.29, 1.82) is 0 Å². The Hall–Kier alpha value is -1.18. The van der Waals surface area contributed by atoms with Crippen molar-refractivity contribution in [2.75, 3.05) is 19.8 Å². The predicted octanol–water partition coefficient (Wildman–Crippen LogP) is 8.92. The highest BCUT2D eigenvalue weighted by atomic mass is 31.2. The van der Waals surface area contributed by atoms with Gasteiger partial charge in [0.25, 0.3) is 0 Å². The fourth-order valence-corrected chi connectivity index (χ4v) is 7.85. The van der Waals surface area contributed by atoms with Crippen LogP contribution >= 0.6 is 7.82 Å². The number of hydrogen-bond acceptors (Lipinski definition) is 11. The van der Waals surface area contributed by atoms with Gasteiger partial charge in [-0.1, -0.05) is 141 Å². The number of aliphatic hydroxyl groups is 5. The van der Waals surface area contributed by atoms with E-state index in [2.05, 4.69) is 38.2 Å². The van der Waals surface area contributed by atoms with Crippen LogP contribution in [-0.4, -0.2) is 98.9 Å². The van der Waals surface area contributed by atoms with Crippen molar-refractivity contribution >= 4 is 13.8 Å². The lowest BCUT2D eigenvalue weighted by Gasteiger charge is -2.41. The first-order chi connectivity index (χ1) is 27.5. The molecule has 0 amide bonds. The van der Waals surface area contributed by atoms with Gasteiger partial charge >= 0.3 is 13.8 Å². The zero-order valence-electron chi connectivity index (χ0n) is 35.6. The minimum absolute atomic E-state index is 0.0805. The number of carbonyl (C=O) groups is 1. The van der Waals surface area contributed by atoms with Crippen LogP contribution in [0.25, 0.3) is 0 Å². The number of esters is 1. The Bertz CT molecular complexity index is 1040. The maximum Gasteiger partial charge on any atom is 0.472 e. The molecule has 1 aliphatic carbocycles. The molecule has 1 aliphatic rings. The summed E-state index contributed by atoms with van der Waals surface area (Å²) < 4.78 is 34.1. The number of hydrogen-bond donors (Lipinski definition) is 6. The monoisotopic (exact) mass is 835 g/mol. The molecule has 57 heavy (non-hydrogen) atoms. The first-order valence-electron chi connectivity index (χ1n) is 22.7. The summed E-state index contributed by atoms with van der Waals surface area (Å²) in [7, 11) is -5.01. The lowest BCUT2D eigenvalue weighted by Crippen LogP contribution is -2.64. The van der Waals surface area contributed by atoms with E-state index in [0.717, 1.165) is 57.8 Å². The van der Waals surface area contributed by atoms with Crippen LogP contribution in [0.3, 0.4) is 0 Å². The molecule has 0 bridgehead atoms. The molecule has 6 unspecified atom stereocenters. The quantitative estimate of drug-likeness (QED) is 0.0150. The van der Waals surface area contributed by atoms with E-state index in [0.29, 0.717) is 13.0 Å². The average Bonchev–Trinajstić information content (AvgIpc) is 3.19. The molecule has 0 aromatic rings. The Labute approximate surface area is 345 Å². The van der Waals surface area contributed by atoms with E-state index >= 15 is 0 Å². The highest BCUT2D eigenvalue weighted by Gasteiger charge is 2.51. The zero-order valence-corrected chi connectivity index (χ0v) is 36.5. The first kappa shape index (κ1) is 53.8. The molecule has 0 aromatic carbocycles. The van der Waals surface area contributed by atoms with Crippen LogP contribution in [0.2, 0.25) is 0 Å². The number of allylic oxidation sites excluding steroid dienone is 4. The third-order valence-corrected chi connectivity index (χ3v) is 11.5. The Morgan fingerprint density at radius 1 is 0.544 bits per heavy atom. The van der Waals surface area contributed by atoms with E-state index in [9.17, 15) is 39.8 Å². The van der Waals surface area contributed by atoms with E-state index < -0.39 is 63.1 Å². The molecule has 0 spiro atoms. The number of rotatable bonds is 38. The zero-order chi connectivity index (χ0) is 42.0. The molecule has 1 saturated carbocycles. The summed E-state index contributed by atoms with van der Waals surface area (Å²) in [6.07, 6.45) is 26.7. The van der Waals surface area contributed by atoms with Gasteiger partial charge < -0.3 is 39.9 Å². The first-order valence-corrected chi connectivity index (χ1v) is 24.2. The van der Waals surface area contributed by atoms with E-state index in [1.54, 1.807) is 0 Å². The summed E-state index contributed by atoms with van der Waals surface area (Å²) in [4.78, 5) is 23.1. The highest BCUT2D eigenvalue weighted by Crippen LogP contribution is 2.47. The molecule has 6 atom stereocenters. The van der Waals surface area contributed by atoms with E-state index in [1.807, 2.05) is 0 Å². The second-order valence-corrected chi connectivity index (χ2v) is 17.3. The van der Waals surface area contributed by atoms with E-state index in [-0.39, 0.29) is 13.0 Å². The molecule has 1 fully saturated rings. The van der Waals surface area contributed by atoms with E-state index in [4.69, 9.17) is 18.5 Å². The molecule has 0 heterocycles. The minimum atomic E-state index is -5.01. The topological polar surface area (TPSA) is 192 Å². The number of unbranched alkanes of at least 4 members (excludes halogenated alkanes) is 22. The summed E-state index contributed by atoms with van der Waals surface area (Å²) in [5, 5.41) is 50.1. The summed E-state index contributed by atoms with van der Waals surface area (Å²) in [5.74, 6) is -0.484. The summed E-state index contributed by atoms with van der Waals surface area (Å²) in [5.41, 5.74) is 0. The van der Waals surface area contributed by atoms with E-state index in [1.165, 1.54) is 103 Å². The molecule has 13 heteroatoms. The minimum Gasteiger partial charge on any atom is -0.457 e. The number of carbonyl (C=O) groups excluding carboxylic acids is 1. The largest absolute Gasteiger partial charge is 0.472 e. The summed E-state index contributed by atoms with van der Waals surface area (Å²) >= 11 is 0. The SMILES string of the molecule is CCCCC/C=C\CCCCCCCCOCC(COP(=O)(O)OC1C(O)C(O)C(O)C(O)C1O)OC(=O)CCCCCCCCC/C=C\CCCCCCCC. The second kappa shape index (κ2) is 35.6. The molecule has 336 valence electrons. The number of aliphatic hydroxyl groups excluding tert-OH is 5. The van der Waals surface area contributed by atoms with Gasteiger partial charge in [-0.15, -0.1) is 0 Å². The van der Waals surface area contributed by atoms with Gasteiger partial charge in [0, 0.05) is 13.0 Å². The Morgan fingerprint density at radius 3 is 1.42 bits per heavy atom. The van der Waals surface area contributed by atoms with Gasteiger partial charge in [0.2, 0.25) is 0 Å². The van der Waals surface area contributed by atoms with Crippen molar-refractivity contribution in [2.24, 2.45) is 0 Å². The molecule has 1 rings (SSSR count). The second-order valence-electron chi connectivity index (χ2n) is 15.9. The van der Waals surface area contributed by atoms with Gasteiger partial charge in [0.15, 0.2) is 0 Å². The maximum absolute atomic E-state index is 12.8. The third kappa shape index (κ3) is 28.1. The average molecular weight is 835 g/mol. The molecule has 0 aromatic heterocycles. The van der Waals surface area contributed by atoms with Crippen LogP contribution in [0.5, 0.6) is 0 Å². The van der Waals surface area contributed by atoms with Crippen LogP contribution < -0.4 is 0 Å². The van der Waals surface area contributed by atoms with Gasteiger partial charge in [0.05, 0.1) is 13.2 Å². The van der Waals surface area contributed by atoms with Gasteiger partial charge in [-0.05, 0) is 64.2 Å². The van der Waals surface area contributed by atoms with Crippen LogP contribution in [0.4, 0.5) is 0 Å². The van der Waals surface area contributed by atoms with Gasteiger partial charge in [0.1, 0.15) is 42.7 Å². The summed E-state index contributed by atoms with van der Waals surface area (Å²) in [6.45, 7) is 4.22. The van der Waals surface area contributed by atoms with Crippen molar-refractivity contribution in [3.63, 3.8) is 0 Å². The van der Waals surface area contributed by atoms with Crippen molar-refractivity contribution in [2.45, 2.75) is 230 Å². The fourth-order valence-electron chi connectivity index (χ4n) is 6.87. The maximum atomic E-state index is 12.8. The van der Waals surface area contributed by atoms with Crippen molar-refractivity contribution in [3.05, 3.63) is 24.3 Å². The third-order valence-electron chi connectivity index (χ3n) is 10.5. The van der Waals surface area contributed by atoms with Crippen molar-refractivity contribution in [3.8, 4) is 0 Å². The number of phosphoric ester groups is 1. The van der Waals surface area contributed by atoms with Gasteiger partial charge in [-0.2, -0.15) is 0 Å². The predicted molar refractivity (Wildman–Crippen MR) is 226 cm³/mol. The molecular formula is C44H83O12P. The number of phosphoric acid groups is 1.